The fourth-order valence-corrected chi connectivity index (χ4v) is 1.84. The Balaban J connectivity index is 2.20. The number of hydrogen-bond acceptors (Lipinski definition) is 6. The third-order valence-corrected chi connectivity index (χ3v) is 2.64. The highest BCUT2D eigenvalue weighted by Crippen LogP contribution is 2.22. The minimum atomic E-state index is 0.595. The molecule has 5 nitrogen and oxygen atoms in total. The lowest BCUT2D eigenvalue weighted by Gasteiger charge is -2.01. The molecular weight excluding hydrogens is 222 g/mol. The summed E-state index contributed by atoms with van der Waals surface area (Å²) in [5.41, 5.74) is 0.945. The summed E-state index contributed by atoms with van der Waals surface area (Å²) in [6, 6.07) is 3.69. The molecule has 0 aliphatic rings. The summed E-state index contributed by atoms with van der Waals surface area (Å²) in [5, 5.41) is 4.41. The average molecular weight is 233 g/mol. The van der Waals surface area contributed by atoms with E-state index in [1.54, 1.807) is 19.4 Å². The lowest BCUT2D eigenvalue weighted by atomic mass is 10.5. The van der Waals surface area contributed by atoms with Crippen LogP contribution in [0.15, 0.2) is 34.7 Å². The largest absolute Gasteiger partial charge is 0.357 e. The molecule has 16 heavy (non-hydrogen) atoms. The smallest absolute Gasteiger partial charge is 0.223 e. The Morgan fingerprint density at radius 2 is 1.94 bits per heavy atom. The third kappa shape index (κ3) is 2.66. The van der Waals surface area contributed by atoms with E-state index in [0.717, 1.165) is 10.7 Å². The van der Waals surface area contributed by atoms with Crippen molar-refractivity contribution < 1.29 is 0 Å². The highest BCUT2D eigenvalue weighted by molar-refractivity contribution is 7.99. The van der Waals surface area contributed by atoms with E-state index < -0.39 is 0 Å². The lowest BCUT2D eigenvalue weighted by Crippen LogP contribution is -1.96. The van der Waals surface area contributed by atoms with Crippen molar-refractivity contribution >= 4 is 17.7 Å². The highest BCUT2D eigenvalue weighted by Gasteiger charge is 2.03. The van der Waals surface area contributed by atoms with Crippen molar-refractivity contribution in [3.63, 3.8) is 0 Å². The Morgan fingerprint density at radius 1 is 1.12 bits per heavy atom. The van der Waals surface area contributed by atoms with Crippen LogP contribution in [0.4, 0.5) is 5.95 Å². The summed E-state index contributed by atoms with van der Waals surface area (Å²) in [4.78, 5) is 16.8. The molecule has 0 atom stereocenters. The number of rotatable bonds is 3. The molecule has 82 valence electrons. The molecule has 0 saturated heterocycles. The normalized spacial score (nSPS) is 10.1. The Kier molecular flexibility index (Phi) is 3.31. The van der Waals surface area contributed by atoms with Gasteiger partial charge in [-0.25, -0.2) is 19.9 Å². The first-order chi connectivity index (χ1) is 7.78. The van der Waals surface area contributed by atoms with Crippen LogP contribution in [0.25, 0.3) is 0 Å². The first-order valence-corrected chi connectivity index (χ1v) is 5.58. The first kappa shape index (κ1) is 10.8. The molecule has 0 aromatic carbocycles. The van der Waals surface area contributed by atoms with Crippen LogP contribution in [0.1, 0.15) is 5.69 Å². The van der Waals surface area contributed by atoms with Gasteiger partial charge in [0, 0.05) is 25.1 Å². The quantitative estimate of drug-likeness (QED) is 0.644. The van der Waals surface area contributed by atoms with E-state index in [1.165, 1.54) is 11.8 Å². The molecule has 0 fully saturated rings. The molecule has 2 heterocycles. The van der Waals surface area contributed by atoms with Crippen LogP contribution in [0.2, 0.25) is 0 Å². The number of aromatic nitrogens is 4. The Morgan fingerprint density at radius 3 is 2.69 bits per heavy atom. The molecule has 0 amide bonds. The lowest BCUT2D eigenvalue weighted by molar-refractivity contribution is 0.925. The first-order valence-electron chi connectivity index (χ1n) is 4.76. The van der Waals surface area contributed by atoms with Crippen molar-refractivity contribution in [1.82, 2.24) is 19.9 Å². The van der Waals surface area contributed by atoms with E-state index in [2.05, 4.69) is 25.3 Å². The van der Waals surface area contributed by atoms with Crippen molar-refractivity contribution in [1.29, 1.82) is 0 Å². The van der Waals surface area contributed by atoms with Gasteiger partial charge in [0.25, 0.3) is 0 Å². The summed E-state index contributed by atoms with van der Waals surface area (Å²) in [7, 11) is 1.78. The SMILES string of the molecule is CNc1nccc(Sc2nccc(C)n2)n1. The molecular formula is C10H11N5S. The van der Waals surface area contributed by atoms with Gasteiger partial charge in [0.05, 0.1) is 0 Å². The van der Waals surface area contributed by atoms with Gasteiger partial charge in [0.2, 0.25) is 5.95 Å². The topological polar surface area (TPSA) is 63.6 Å². The van der Waals surface area contributed by atoms with Gasteiger partial charge in [-0.15, -0.1) is 0 Å². The zero-order valence-electron chi connectivity index (χ0n) is 9.01. The van der Waals surface area contributed by atoms with Gasteiger partial charge in [0.1, 0.15) is 5.03 Å². The van der Waals surface area contributed by atoms with Gasteiger partial charge in [0.15, 0.2) is 5.16 Å². The highest BCUT2D eigenvalue weighted by atomic mass is 32.2. The number of nitrogens with zero attached hydrogens (tertiary/aromatic N) is 4. The maximum Gasteiger partial charge on any atom is 0.223 e. The van der Waals surface area contributed by atoms with Gasteiger partial charge < -0.3 is 5.32 Å². The maximum atomic E-state index is 4.29. The fraction of sp³-hybridized carbons (Fsp3) is 0.200. The molecule has 0 unspecified atom stereocenters. The fourth-order valence-electron chi connectivity index (χ4n) is 1.09. The third-order valence-electron chi connectivity index (χ3n) is 1.82. The Hall–Kier alpha value is -1.69. The molecule has 2 aromatic rings. The van der Waals surface area contributed by atoms with Crippen LogP contribution in [0.3, 0.4) is 0 Å². The summed E-state index contributed by atoms with van der Waals surface area (Å²) in [6.07, 6.45) is 3.45. The summed E-state index contributed by atoms with van der Waals surface area (Å²) < 4.78 is 0. The molecule has 0 bridgehead atoms. The van der Waals surface area contributed by atoms with Crippen LogP contribution in [0, 0.1) is 6.92 Å². The zero-order valence-corrected chi connectivity index (χ0v) is 9.82. The molecule has 0 saturated carbocycles. The molecule has 0 radical (unpaired) electrons. The molecule has 2 aromatic heterocycles. The van der Waals surface area contributed by atoms with Gasteiger partial charge in [-0.3, -0.25) is 0 Å². The van der Waals surface area contributed by atoms with Crippen LogP contribution >= 0.6 is 11.8 Å². The van der Waals surface area contributed by atoms with Gasteiger partial charge in [-0.1, -0.05) is 0 Å². The number of hydrogen-bond donors (Lipinski definition) is 1. The molecule has 0 spiro atoms. The molecule has 2 rings (SSSR count). The van der Waals surface area contributed by atoms with Crippen LogP contribution < -0.4 is 5.32 Å². The van der Waals surface area contributed by atoms with Crippen molar-refractivity contribution in [3.05, 3.63) is 30.2 Å². The second-order valence-corrected chi connectivity index (χ2v) is 4.04. The standard InChI is InChI=1S/C10H11N5S/c1-7-3-5-13-10(14-7)16-8-4-6-12-9(11-2)15-8/h3-6H,1-2H3,(H,11,12,15). The minimum absolute atomic E-state index is 0.595. The van der Waals surface area contributed by atoms with Crippen LogP contribution in [0.5, 0.6) is 0 Å². The molecule has 0 aliphatic carbocycles. The second kappa shape index (κ2) is 4.89. The molecule has 6 heteroatoms. The van der Waals surface area contributed by atoms with Crippen LogP contribution in [-0.2, 0) is 0 Å². The van der Waals surface area contributed by atoms with Gasteiger partial charge in [-0.05, 0) is 30.8 Å². The maximum absolute atomic E-state index is 4.29. The van der Waals surface area contributed by atoms with E-state index in [4.69, 9.17) is 0 Å². The summed E-state index contributed by atoms with van der Waals surface area (Å²) >= 11 is 1.42. The monoisotopic (exact) mass is 233 g/mol. The summed E-state index contributed by atoms with van der Waals surface area (Å²) in [6.45, 7) is 1.94. The summed E-state index contributed by atoms with van der Waals surface area (Å²) in [5.74, 6) is 0.595. The van der Waals surface area contributed by atoms with Crippen molar-refractivity contribution in [3.8, 4) is 0 Å². The average Bonchev–Trinajstić information content (AvgIpc) is 2.29. The van der Waals surface area contributed by atoms with E-state index in [0.29, 0.717) is 11.1 Å². The van der Waals surface area contributed by atoms with E-state index in [-0.39, 0.29) is 0 Å². The van der Waals surface area contributed by atoms with Crippen LogP contribution in [-0.4, -0.2) is 27.0 Å². The Labute approximate surface area is 97.8 Å². The second-order valence-electron chi connectivity index (χ2n) is 3.05. The zero-order chi connectivity index (χ0) is 11.4. The number of anilines is 1. The van der Waals surface area contributed by atoms with Crippen molar-refractivity contribution in [2.45, 2.75) is 17.1 Å². The number of aryl methyl sites for hydroxylation is 1. The van der Waals surface area contributed by atoms with Gasteiger partial charge >= 0.3 is 0 Å². The predicted octanol–water partition coefficient (Wildman–Crippen LogP) is 1.77. The van der Waals surface area contributed by atoms with E-state index in [9.17, 15) is 0 Å². The Bertz CT molecular complexity index is 488. The van der Waals surface area contributed by atoms with Gasteiger partial charge in [-0.2, -0.15) is 0 Å². The number of nitrogens with one attached hydrogen (secondary N) is 1. The predicted molar refractivity (Wildman–Crippen MR) is 62.5 cm³/mol. The molecule has 1 N–H and O–H groups in total. The minimum Gasteiger partial charge on any atom is -0.357 e. The van der Waals surface area contributed by atoms with Crippen molar-refractivity contribution in [2.75, 3.05) is 12.4 Å². The molecule has 0 aliphatic heterocycles. The van der Waals surface area contributed by atoms with Crippen molar-refractivity contribution in [2.24, 2.45) is 0 Å². The van der Waals surface area contributed by atoms with E-state index in [1.807, 2.05) is 19.1 Å². The van der Waals surface area contributed by atoms with E-state index >= 15 is 0 Å².